The van der Waals surface area contributed by atoms with Gasteiger partial charge in [-0.3, -0.25) is 4.79 Å². The summed E-state index contributed by atoms with van der Waals surface area (Å²) < 4.78 is 0. The van der Waals surface area contributed by atoms with Crippen molar-refractivity contribution in [2.24, 2.45) is 46.3 Å². The van der Waals surface area contributed by atoms with Crippen LogP contribution in [0.15, 0.2) is 12.2 Å². The molecule has 0 unspecified atom stereocenters. The number of rotatable bonds is 5. The maximum atomic E-state index is 12.1. The van der Waals surface area contributed by atoms with Crippen LogP contribution in [-0.2, 0) is 4.79 Å². The molecule has 0 bridgehead atoms. The minimum Gasteiger partial charge on any atom is -0.393 e. The minimum absolute atomic E-state index is 0.0443. The number of Topliss-reactive ketones (excluding diaryl/α,β-unsaturated/α-hetero) is 1. The maximum absolute atomic E-state index is 12.1. The van der Waals surface area contributed by atoms with Crippen LogP contribution in [0.4, 0.5) is 0 Å². The number of carbonyl (C=O) groups excluding carboxylic acids is 1. The van der Waals surface area contributed by atoms with Gasteiger partial charge in [0.2, 0.25) is 0 Å². The molecule has 4 fully saturated rings. The maximum Gasteiger partial charge on any atom is 0.157 e. The Morgan fingerprint density at radius 3 is 2.45 bits per heavy atom. The Balaban J connectivity index is 1.47. The molecule has 29 heavy (non-hydrogen) atoms. The second kappa shape index (κ2) is 7.81. The molecule has 2 heteroatoms. The molecular weight excluding hydrogens is 356 g/mol. The molecule has 0 saturated heterocycles. The number of allylic oxidation sites excluding steroid dienone is 1. The van der Waals surface area contributed by atoms with E-state index in [2.05, 4.69) is 27.4 Å². The number of hydrogen-bond acceptors (Lipinski definition) is 2. The molecule has 0 aromatic heterocycles. The van der Waals surface area contributed by atoms with Gasteiger partial charge in [0.25, 0.3) is 0 Å². The summed E-state index contributed by atoms with van der Waals surface area (Å²) in [5.41, 5.74) is 1.67. The number of carbonyl (C=O) groups is 1. The van der Waals surface area contributed by atoms with Gasteiger partial charge in [-0.1, -0.05) is 27.4 Å². The average Bonchev–Trinajstić information content (AvgIpc) is 3.03. The Bertz CT molecular complexity index is 653. The Labute approximate surface area is 178 Å². The highest BCUT2D eigenvalue weighted by Gasteiger charge is 2.60. The van der Waals surface area contributed by atoms with E-state index in [1.807, 2.05) is 6.92 Å². The Hall–Kier alpha value is -0.630. The lowest BCUT2D eigenvalue weighted by Gasteiger charge is -2.61. The lowest BCUT2D eigenvalue weighted by Crippen LogP contribution is -2.54. The van der Waals surface area contributed by atoms with Crippen molar-refractivity contribution in [2.75, 3.05) is 0 Å². The van der Waals surface area contributed by atoms with Crippen LogP contribution < -0.4 is 0 Å². The molecule has 0 spiro atoms. The summed E-state index contributed by atoms with van der Waals surface area (Å²) in [6.45, 7) is 13.3. The van der Waals surface area contributed by atoms with E-state index in [4.69, 9.17) is 0 Å². The van der Waals surface area contributed by atoms with Crippen molar-refractivity contribution in [3.05, 3.63) is 12.2 Å². The van der Waals surface area contributed by atoms with Crippen molar-refractivity contribution in [2.45, 2.75) is 104 Å². The molecule has 1 N–H and O–H groups in total. The molecular formula is C27H44O2. The first-order chi connectivity index (χ1) is 13.7. The van der Waals surface area contributed by atoms with Crippen molar-refractivity contribution in [1.82, 2.24) is 0 Å². The van der Waals surface area contributed by atoms with E-state index in [1.54, 1.807) is 0 Å². The van der Waals surface area contributed by atoms with E-state index in [-0.39, 0.29) is 11.9 Å². The summed E-state index contributed by atoms with van der Waals surface area (Å²) in [5, 5.41) is 10.2. The standard InChI is InChI=1S/C27H44O2/c1-17(2)25(29)11-6-18(3)22-9-10-23-21-8-7-19-16-20(28)12-14-26(19,4)24(21)13-15-27(22,23)5/h18-24,28H,1,6-16H2,2-5H3/t18-,19+,20+,21+,22-,23+,24+,26+,27-/m1/s1. The molecule has 0 aromatic rings. The molecule has 0 aromatic carbocycles. The van der Waals surface area contributed by atoms with E-state index in [0.717, 1.165) is 54.4 Å². The molecule has 164 valence electrons. The topological polar surface area (TPSA) is 37.3 Å². The highest BCUT2D eigenvalue weighted by molar-refractivity contribution is 5.94. The summed E-state index contributed by atoms with van der Waals surface area (Å²) in [5.74, 6) is 5.10. The second-order valence-electron chi connectivity index (χ2n) is 12.0. The third-order valence-electron chi connectivity index (χ3n) is 10.7. The highest BCUT2D eigenvalue weighted by Crippen LogP contribution is 2.68. The fourth-order valence-electron chi connectivity index (χ4n) is 8.98. The SMILES string of the molecule is C=C(C)C(=O)CC[C@@H](C)[C@H]1CC[C@H]2[C@@H]3CC[C@H]4C[C@@H](O)CC[C@]4(C)[C@H]3CC[C@]12C. The smallest absolute Gasteiger partial charge is 0.157 e. The van der Waals surface area contributed by atoms with E-state index in [1.165, 1.54) is 44.9 Å². The number of ketones is 1. The molecule has 4 aliphatic carbocycles. The first kappa shape index (κ1) is 21.6. The zero-order chi connectivity index (χ0) is 21.0. The van der Waals surface area contributed by atoms with Crippen LogP contribution in [0.2, 0.25) is 0 Å². The van der Waals surface area contributed by atoms with Gasteiger partial charge >= 0.3 is 0 Å². The third-order valence-corrected chi connectivity index (χ3v) is 10.7. The van der Waals surface area contributed by atoms with Gasteiger partial charge in [0.05, 0.1) is 6.10 Å². The van der Waals surface area contributed by atoms with Crippen LogP contribution in [0.5, 0.6) is 0 Å². The monoisotopic (exact) mass is 400 g/mol. The fourth-order valence-corrected chi connectivity index (χ4v) is 8.98. The largest absolute Gasteiger partial charge is 0.393 e. The number of aliphatic hydroxyl groups excluding tert-OH is 1. The van der Waals surface area contributed by atoms with Gasteiger partial charge in [0.1, 0.15) is 0 Å². The van der Waals surface area contributed by atoms with Crippen molar-refractivity contribution >= 4 is 5.78 Å². The van der Waals surface area contributed by atoms with Crippen LogP contribution in [0.1, 0.15) is 98.3 Å². The van der Waals surface area contributed by atoms with E-state index in [9.17, 15) is 9.90 Å². The Morgan fingerprint density at radius 2 is 1.72 bits per heavy atom. The van der Waals surface area contributed by atoms with Crippen LogP contribution in [-0.4, -0.2) is 17.0 Å². The van der Waals surface area contributed by atoms with Crippen molar-refractivity contribution in [3.8, 4) is 0 Å². The molecule has 9 atom stereocenters. The van der Waals surface area contributed by atoms with Crippen LogP contribution in [0.3, 0.4) is 0 Å². The predicted molar refractivity (Wildman–Crippen MR) is 119 cm³/mol. The van der Waals surface area contributed by atoms with Crippen LogP contribution in [0.25, 0.3) is 0 Å². The molecule has 0 heterocycles. The van der Waals surface area contributed by atoms with Gasteiger partial charge in [-0.15, -0.1) is 0 Å². The summed E-state index contributed by atoms with van der Waals surface area (Å²) in [4.78, 5) is 12.1. The molecule has 0 radical (unpaired) electrons. The quantitative estimate of drug-likeness (QED) is 0.530. The second-order valence-corrected chi connectivity index (χ2v) is 12.0. The van der Waals surface area contributed by atoms with Gasteiger partial charge in [0.15, 0.2) is 5.78 Å². The zero-order valence-corrected chi connectivity index (χ0v) is 19.4. The molecule has 0 amide bonds. The first-order valence-electron chi connectivity index (χ1n) is 12.5. The summed E-state index contributed by atoms with van der Waals surface area (Å²) in [7, 11) is 0. The van der Waals surface area contributed by atoms with Crippen LogP contribution >= 0.6 is 0 Å². The molecule has 2 nitrogen and oxygen atoms in total. The lowest BCUT2D eigenvalue weighted by atomic mass is 9.44. The summed E-state index contributed by atoms with van der Waals surface area (Å²) in [6.07, 6.45) is 13.3. The number of fused-ring (bicyclic) bond motifs is 5. The Morgan fingerprint density at radius 1 is 1.03 bits per heavy atom. The number of hydrogen-bond donors (Lipinski definition) is 1. The fraction of sp³-hybridized carbons (Fsp3) is 0.889. The predicted octanol–water partition coefficient (Wildman–Crippen LogP) is 6.57. The summed E-state index contributed by atoms with van der Waals surface area (Å²) >= 11 is 0. The minimum atomic E-state index is -0.0443. The zero-order valence-electron chi connectivity index (χ0n) is 19.4. The van der Waals surface area contributed by atoms with Crippen LogP contribution in [0, 0.1) is 46.3 Å². The third kappa shape index (κ3) is 3.56. The van der Waals surface area contributed by atoms with Gasteiger partial charge in [-0.25, -0.2) is 0 Å². The summed E-state index contributed by atoms with van der Waals surface area (Å²) in [6, 6.07) is 0. The van der Waals surface area contributed by atoms with Gasteiger partial charge < -0.3 is 5.11 Å². The van der Waals surface area contributed by atoms with Crippen molar-refractivity contribution in [3.63, 3.8) is 0 Å². The van der Waals surface area contributed by atoms with Gasteiger partial charge in [-0.05, 0) is 123 Å². The molecule has 4 aliphatic rings. The van der Waals surface area contributed by atoms with E-state index >= 15 is 0 Å². The van der Waals surface area contributed by atoms with E-state index < -0.39 is 0 Å². The highest BCUT2D eigenvalue weighted by atomic mass is 16.3. The lowest BCUT2D eigenvalue weighted by molar-refractivity contribution is -0.129. The average molecular weight is 401 g/mol. The van der Waals surface area contributed by atoms with Gasteiger partial charge in [0, 0.05) is 6.42 Å². The normalized spacial score (nSPS) is 47.6. The molecule has 4 rings (SSSR count). The van der Waals surface area contributed by atoms with E-state index in [0.29, 0.717) is 23.2 Å². The van der Waals surface area contributed by atoms with Crippen molar-refractivity contribution < 1.29 is 9.90 Å². The number of aliphatic hydroxyl groups is 1. The van der Waals surface area contributed by atoms with Gasteiger partial charge in [-0.2, -0.15) is 0 Å². The first-order valence-corrected chi connectivity index (χ1v) is 12.5. The molecule has 0 aliphatic heterocycles. The Kier molecular flexibility index (Phi) is 5.82. The van der Waals surface area contributed by atoms with Crippen molar-refractivity contribution in [1.29, 1.82) is 0 Å². The molecule has 4 saturated carbocycles.